The Balaban J connectivity index is 2.23. The molecule has 7 heteroatoms. The Labute approximate surface area is 130 Å². The van der Waals surface area contributed by atoms with Gasteiger partial charge in [0.15, 0.2) is 0 Å². The molecule has 1 aromatic heterocycles. The van der Waals surface area contributed by atoms with E-state index in [0.717, 1.165) is 15.4 Å². The first-order valence-electron chi connectivity index (χ1n) is 6.41. The maximum Gasteiger partial charge on any atom is 0.268 e. The van der Waals surface area contributed by atoms with Gasteiger partial charge in [-0.05, 0) is 31.2 Å². The summed E-state index contributed by atoms with van der Waals surface area (Å²) in [6.07, 6.45) is -0.993. The van der Waals surface area contributed by atoms with Gasteiger partial charge in [0.2, 0.25) is 5.91 Å². The summed E-state index contributed by atoms with van der Waals surface area (Å²) < 4.78 is 0.910. The zero-order chi connectivity index (χ0) is 15.6. The van der Waals surface area contributed by atoms with E-state index in [-0.39, 0.29) is 0 Å². The molecule has 4 N–H and O–H groups in total. The maximum atomic E-state index is 12.2. The molecule has 0 unspecified atom stereocenters. The van der Waals surface area contributed by atoms with E-state index in [0.29, 0.717) is 5.69 Å². The van der Waals surface area contributed by atoms with Gasteiger partial charge in [-0.25, -0.2) is 0 Å². The number of likely N-dealkylation sites (N-methyl/N-ethyl adjacent to an activating group) is 1. The van der Waals surface area contributed by atoms with Gasteiger partial charge in [-0.15, -0.1) is 0 Å². The van der Waals surface area contributed by atoms with Gasteiger partial charge in [0.1, 0.15) is 11.7 Å². The number of H-pyrrole nitrogens is 1. The number of aromatic amines is 1. The van der Waals surface area contributed by atoms with Crippen LogP contribution in [0.5, 0.6) is 0 Å². The molecule has 0 saturated carbocycles. The van der Waals surface area contributed by atoms with Crippen molar-refractivity contribution in [2.24, 2.45) is 0 Å². The van der Waals surface area contributed by atoms with Crippen molar-refractivity contribution in [3.05, 3.63) is 34.4 Å². The van der Waals surface area contributed by atoms with Gasteiger partial charge >= 0.3 is 0 Å². The van der Waals surface area contributed by atoms with E-state index in [1.54, 1.807) is 6.07 Å². The van der Waals surface area contributed by atoms with E-state index in [4.69, 9.17) is 0 Å². The van der Waals surface area contributed by atoms with Crippen LogP contribution in [0.3, 0.4) is 0 Å². The van der Waals surface area contributed by atoms with Crippen LogP contribution < -0.4 is 10.6 Å². The lowest BCUT2D eigenvalue weighted by molar-refractivity contribution is -0.124. The Bertz CT molecular complexity index is 681. The van der Waals surface area contributed by atoms with Crippen molar-refractivity contribution >= 4 is 38.6 Å². The highest BCUT2D eigenvalue weighted by Crippen LogP contribution is 2.20. The number of carbonyl (C=O) groups is 2. The number of carbonyl (C=O) groups excluding carboxylic acids is 2. The first-order valence-corrected chi connectivity index (χ1v) is 7.20. The van der Waals surface area contributed by atoms with Crippen molar-refractivity contribution in [1.29, 1.82) is 0 Å². The van der Waals surface area contributed by atoms with Crippen molar-refractivity contribution in [2.45, 2.75) is 19.1 Å². The summed E-state index contributed by atoms with van der Waals surface area (Å²) >= 11 is 3.37. The predicted molar refractivity (Wildman–Crippen MR) is 83.0 cm³/mol. The third kappa shape index (κ3) is 3.43. The van der Waals surface area contributed by atoms with Crippen LogP contribution in [0.25, 0.3) is 10.9 Å². The molecule has 1 aromatic carbocycles. The zero-order valence-electron chi connectivity index (χ0n) is 11.6. The molecular formula is C14H16BrN3O3. The molecule has 6 nitrogen and oxygen atoms in total. The topological polar surface area (TPSA) is 94.2 Å². The number of aliphatic hydroxyl groups is 1. The smallest absolute Gasteiger partial charge is 0.268 e. The van der Waals surface area contributed by atoms with Gasteiger partial charge in [-0.1, -0.05) is 15.9 Å². The van der Waals surface area contributed by atoms with Gasteiger partial charge in [-0.2, -0.15) is 0 Å². The predicted octanol–water partition coefficient (Wildman–Crippen LogP) is 1.16. The quantitative estimate of drug-likeness (QED) is 0.664. The first kappa shape index (κ1) is 15.5. The molecule has 2 atom stereocenters. The maximum absolute atomic E-state index is 12.2. The first-order chi connectivity index (χ1) is 9.92. The third-order valence-electron chi connectivity index (χ3n) is 3.13. The van der Waals surface area contributed by atoms with Crippen LogP contribution >= 0.6 is 15.9 Å². The van der Waals surface area contributed by atoms with E-state index in [2.05, 4.69) is 31.5 Å². The molecule has 0 fully saturated rings. The van der Waals surface area contributed by atoms with Crippen molar-refractivity contribution in [2.75, 3.05) is 7.05 Å². The molecule has 0 aliphatic rings. The second-order valence-corrected chi connectivity index (χ2v) is 5.64. The normalized spacial score (nSPS) is 13.7. The lowest BCUT2D eigenvalue weighted by Crippen LogP contribution is -2.51. The highest BCUT2D eigenvalue weighted by atomic mass is 79.9. The number of aromatic nitrogens is 1. The van der Waals surface area contributed by atoms with Crippen LogP contribution in [-0.4, -0.2) is 41.1 Å². The number of fused-ring (bicyclic) bond motifs is 1. The van der Waals surface area contributed by atoms with Gasteiger partial charge in [0.25, 0.3) is 5.91 Å². The SMILES string of the molecule is CNC(=O)[C@@H](NC(=O)c1cc2cc(Br)ccc2[nH]1)[C@@H](C)O. The minimum atomic E-state index is -0.999. The summed E-state index contributed by atoms with van der Waals surface area (Å²) in [5.74, 6) is -0.894. The highest BCUT2D eigenvalue weighted by Gasteiger charge is 2.25. The minimum Gasteiger partial charge on any atom is -0.391 e. The average Bonchev–Trinajstić information content (AvgIpc) is 2.86. The lowest BCUT2D eigenvalue weighted by Gasteiger charge is -2.19. The largest absolute Gasteiger partial charge is 0.391 e. The van der Waals surface area contributed by atoms with Crippen LogP contribution in [0, 0.1) is 0 Å². The number of hydrogen-bond acceptors (Lipinski definition) is 3. The van der Waals surface area contributed by atoms with Crippen LogP contribution in [-0.2, 0) is 4.79 Å². The molecule has 2 rings (SSSR count). The zero-order valence-corrected chi connectivity index (χ0v) is 13.2. The third-order valence-corrected chi connectivity index (χ3v) is 3.62. The molecule has 112 valence electrons. The molecule has 1 heterocycles. The number of benzene rings is 1. The summed E-state index contributed by atoms with van der Waals surface area (Å²) in [4.78, 5) is 26.8. The van der Waals surface area contributed by atoms with Crippen molar-refractivity contribution < 1.29 is 14.7 Å². The van der Waals surface area contributed by atoms with E-state index < -0.39 is 24.0 Å². The van der Waals surface area contributed by atoms with E-state index >= 15 is 0 Å². The fourth-order valence-electron chi connectivity index (χ4n) is 2.01. The van der Waals surface area contributed by atoms with Gasteiger partial charge < -0.3 is 20.7 Å². The fourth-order valence-corrected chi connectivity index (χ4v) is 2.38. The molecule has 21 heavy (non-hydrogen) atoms. The fraction of sp³-hybridized carbons (Fsp3) is 0.286. The van der Waals surface area contributed by atoms with Crippen LogP contribution in [0.15, 0.2) is 28.7 Å². The molecule has 0 aliphatic heterocycles. The van der Waals surface area contributed by atoms with E-state index in [9.17, 15) is 14.7 Å². The molecule has 0 bridgehead atoms. The van der Waals surface area contributed by atoms with Gasteiger partial charge in [0.05, 0.1) is 6.10 Å². The monoisotopic (exact) mass is 353 g/mol. The minimum absolute atomic E-state index is 0.331. The van der Waals surface area contributed by atoms with Crippen molar-refractivity contribution in [3.63, 3.8) is 0 Å². The highest BCUT2D eigenvalue weighted by molar-refractivity contribution is 9.10. The molecule has 0 saturated heterocycles. The Morgan fingerprint density at radius 2 is 2.05 bits per heavy atom. The lowest BCUT2D eigenvalue weighted by atomic mass is 10.1. The Morgan fingerprint density at radius 3 is 2.67 bits per heavy atom. The van der Waals surface area contributed by atoms with Crippen LogP contribution in [0.1, 0.15) is 17.4 Å². The Hall–Kier alpha value is -1.86. The summed E-state index contributed by atoms with van der Waals surface area (Å²) in [5, 5.41) is 15.4. The second-order valence-electron chi connectivity index (χ2n) is 4.72. The second kappa shape index (κ2) is 6.28. The number of amides is 2. The Morgan fingerprint density at radius 1 is 1.33 bits per heavy atom. The number of hydrogen-bond donors (Lipinski definition) is 4. The summed E-state index contributed by atoms with van der Waals surface area (Å²) in [6.45, 7) is 1.45. The Kier molecular flexibility index (Phi) is 4.64. The average molecular weight is 354 g/mol. The van der Waals surface area contributed by atoms with Crippen LogP contribution in [0.4, 0.5) is 0 Å². The summed E-state index contributed by atoms with van der Waals surface area (Å²) in [5.41, 5.74) is 1.15. The molecule has 0 radical (unpaired) electrons. The molecule has 0 spiro atoms. The number of aliphatic hydroxyl groups excluding tert-OH is 1. The van der Waals surface area contributed by atoms with Gasteiger partial charge in [-0.3, -0.25) is 9.59 Å². The number of rotatable bonds is 4. The molecular weight excluding hydrogens is 338 g/mol. The van der Waals surface area contributed by atoms with Gasteiger partial charge in [0, 0.05) is 22.4 Å². The summed E-state index contributed by atoms with van der Waals surface area (Å²) in [7, 11) is 1.45. The molecule has 2 amide bonds. The summed E-state index contributed by atoms with van der Waals surface area (Å²) in [6, 6.07) is 6.29. The van der Waals surface area contributed by atoms with Crippen molar-refractivity contribution in [1.82, 2.24) is 15.6 Å². The number of halogens is 1. The standard InChI is InChI=1S/C14H16BrN3O3/c1-7(19)12(14(21)16-2)18-13(20)11-6-8-5-9(15)3-4-10(8)17-11/h3-7,12,17,19H,1-2H3,(H,16,21)(H,18,20)/t7-,12+/m1/s1. The molecule has 2 aromatic rings. The number of nitrogens with one attached hydrogen (secondary N) is 3. The van der Waals surface area contributed by atoms with E-state index in [1.807, 2.05) is 18.2 Å². The van der Waals surface area contributed by atoms with Crippen molar-refractivity contribution in [3.8, 4) is 0 Å². The molecule has 0 aliphatic carbocycles. The van der Waals surface area contributed by atoms with E-state index in [1.165, 1.54) is 14.0 Å². The van der Waals surface area contributed by atoms with Crippen LogP contribution in [0.2, 0.25) is 0 Å².